The van der Waals surface area contributed by atoms with Crippen molar-refractivity contribution in [3.05, 3.63) is 60.0 Å². The number of halogens is 1. The molecular formula is C20H21FN4O2. The average molecular weight is 368 g/mol. The summed E-state index contributed by atoms with van der Waals surface area (Å²) in [5.41, 5.74) is 1.35. The third-order valence-electron chi connectivity index (χ3n) is 4.80. The number of ether oxygens (including phenoxy) is 1. The van der Waals surface area contributed by atoms with Gasteiger partial charge >= 0.3 is 0 Å². The van der Waals surface area contributed by atoms with E-state index in [-0.39, 0.29) is 11.7 Å². The summed E-state index contributed by atoms with van der Waals surface area (Å²) in [5.74, 6) is 0.197. The molecule has 0 saturated carbocycles. The number of amides is 1. The zero-order chi connectivity index (χ0) is 18.6. The van der Waals surface area contributed by atoms with E-state index in [1.54, 1.807) is 12.1 Å². The van der Waals surface area contributed by atoms with Crippen LogP contribution in [0.4, 0.5) is 4.39 Å². The molecule has 0 aliphatic carbocycles. The summed E-state index contributed by atoms with van der Waals surface area (Å²) in [6, 6.07) is 13.8. The summed E-state index contributed by atoms with van der Waals surface area (Å²) in [4.78, 5) is 16.9. The number of hydrogen-bond acceptors (Lipinski definition) is 4. The van der Waals surface area contributed by atoms with Gasteiger partial charge in [0.15, 0.2) is 5.69 Å². The van der Waals surface area contributed by atoms with Crippen LogP contribution in [0.3, 0.4) is 0 Å². The Kier molecular flexibility index (Phi) is 5.02. The monoisotopic (exact) mass is 368 g/mol. The Morgan fingerprint density at radius 2 is 1.93 bits per heavy atom. The number of para-hydroxylation sites is 1. The molecule has 140 valence electrons. The SMILES string of the molecule is O=C(c1n[nH]c2ccccc12)N1CCN(CCOc2cccc(F)c2)CC1. The Labute approximate surface area is 156 Å². The third kappa shape index (κ3) is 3.93. The first-order valence-electron chi connectivity index (χ1n) is 9.04. The molecule has 2 heterocycles. The maximum absolute atomic E-state index is 13.1. The van der Waals surface area contributed by atoms with Gasteiger partial charge in [-0.25, -0.2) is 4.39 Å². The van der Waals surface area contributed by atoms with Crippen molar-refractivity contribution in [3.63, 3.8) is 0 Å². The van der Waals surface area contributed by atoms with Gasteiger partial charge in [0.25, 0.3) is 5.91 Å². The Balaban J connectivity index is 1.28. The predicted octanol–water partition coefficient (Wildman–Crippen LogP) is 2.54. The Morgan fingerprint density at radius 1 is 1.11 bits per heavy atom. The first-order valence-corrected chi connectivity index (χ1v) is 9.04. The average Bonchev–Trinajstić information content (AvgIpc) is 3.12. The molecule has 0 unspecified atom stereocenters. The summed E-state index contributed by atoms with van der Waals surface area (Å²) < 4.78 is 18.7. The Morgan fingerprint density at radius 3 is 2.74 bits per heavy atom. The van der Waals surface area contributed by atoms with Crippen molar-refractivity contribution < 1.29 is 13.9 Å². The van der Waals surface area contributed by atoms with E-state index in [2.05, 4.69) is 15.1 Å². The molecule has 6 nitrogen and oxygen atoms in total. The topological polar surface area (TPSA) is 61.5 Å². The minimum Gasteiger partial charge on any atom is -0.492 e. The van der Waals surface area contributed by atoms with Crippen LogP contribution in [-0.2, 0) is 0 Å². The highest BCUT2D eigenvalue weighted by Gasteiger charge is 2.24. The molecule has 1 aromatic heterocycles. The van der Waals surface area contributed by atoms with E-state index in [4.69, 9.17) is 4.74 Å². The quantitative estimate of drug-likeness (QED) is 0.752. The summed E-state index contributed by atoms with van der Waals surface area (Å²) in [7, 11) is 0. The Bertz CT molecular complexity index is 934. The van der Waals surface area contributed by atoms with Crippen molar-refractivity contribution in [1.82, 2.24) is 20.0 Å². The molecule has 1 aliphatic rings. The van der Waals surface area contributed by atoms with Crippen LogP contribution in [0.1, 0.15) is 10.5 Å². The van der Waals surface area contributed by atoms with Crippen LogP contribution in [-0.4, -0.2) is 65.2 Å². The largest absolute Gasteiger partial charge is 0.492 e. The number of nitrogens with zero attached hydrogens (tertiary/aromatic N) is 3. The predicted molar refractivity (Wildman–Crippen MR) is 100 cm³/mol. The standard InChI is InChI=1S/C20H21FN4O2/c21-15-4-3-5-16(14-15)27-13-12-24-8-10-25(11-9-24)20(26)19-17-6-1-2-7-18(17)22-23-19/h1-7,14H,8-13H2,(H,22,23). The zero-order valence-electron chi connectivity index (χ0n) is 14.9. The highest BCUT2D eigenvalue weighted by Crippen LogP contribution is 2.18. The molecule has 3 aromatic rings. The minimum absolute atomic E-state index is 0.0388. The normalized spacial score (nSPS) is 15.2. The van der Waals surface area contributed by atoms with Gasteiger partial charge in [-0.3, -0.25) is 14.8 Å². The van der Waals surface area contributed by atoms with E-state index >= 15 is 0 Å². The molecule has 1 aliphatic heterocycles. The molecule has 0 atom stereocenters. The molecule has 7 heteroatoms. The van der Waals surface area contributed by atoms with Gasteiger partial charge in [0.2, 0.25) is 0 Å². The lowest BCUT2D eigenvalue weighted by Gasteiger charge is -2.34. The van der Waals surface area contributed by atoms with Gasteiger partial charge in [-0.1, -0.05) is 24.3 Å². The van der Waals surface area contributed by atoms with Gasteiger partial charge in [0.1, 0.15) is 18.2 Å². The molecular weight excluding hydrogens is 347 g/mol. The number of aromatic nitrogens is 2. The smallest absolute Gasteiger partial charge is 0.275 e. The Hall–Kier alpha value is -2.93. The maximum atomic E-state index is 13.1. The summed E-state index contributed by atoms with van der Waals surface area (Å²) in [6.07, 6.45) is 0. The molecule has 4 rings (SSSR count). The number of carbonyl (C=O) groups is 1. The number of rotatable bonds is 5. The molecule has 1 amide bonds. The first kappa shape index (κ1) is 17.5. The van der Waals surface area contributed by atoms with Crippen molar-refractivity contribution in [2.45, 2.75) is 0 Å². The lowest BCUT2D eigenvalue weighted by molar-refractivity contribution is 0.0616. The number of carbonyl (C=O) groups excluding carboxylic acids is 1. The molecule has 0 spiro atoms. The maximum Gasteiger partial charge on any atom is 0.275 e. The number of fused-ring (bicyclic) bond motifs is 1. The zero-order valence-corrected chi connectivity index (χ0v) is 14.9. The minimum atomic E-state index is -0.300. The van der Waals surface area contributed by atoms with Gasteiger partial charge in [-0.05, 0) is 18.2 Å². The molecule has 1 saturated heterocycles. The number of nitrogens with one attached hydrogen (secondary N) is 1. The lowest BCUT2D eigenvalue weighted by Crippen LogP contribution is -2.49. The molecule has 0 bridgehead atoms. The van der Waals surface area contributed by atoms with Gasteiger partial charge in [-0.2, -0.15) is 5.10 Å². The van der Waals surface area contributed by atoms with Crippen molar-refractivity contribution >= 4 is 16.8 Å². The van der Waals surface area contributed by atoms with Crippen molar-refractivity contribution in [3.8, 4) is 5.75 Å². The fraction of sp³-hybridized carbons (Fsp3) is 0.300. The van der Waals surface area contributed by atoms with E-state index in [0.717, 1.165) is 30.5 Å². The van der Waals surface area contributed by atoms with Gasteiger partial charge in [0, 0.05) is 44.2 Å². The van der Waals surface area contributed by atoms with Crippen molar-refractivity contribution in [2.24, 2.45) is 0 Å². The van der Waals surface area contributed by atoms with Gasteiger partial charge < -0.3 is 9.64 Å². The van der Waals surface area contributed by atoms with Crippen LogP contribution < -0.4 is 4.74 Å². The van der Waals surface area contributed by atoms with Crippen LogP contribution in [0.15, 0.2) is 48.5 Å². The highest BCUT2D eigenvalue weighted by atomic mass is 19.1. The lowest BCUT2D eigenvalue weighted by atomic mass is 10.2. The van der Waals surface area contributed by atoms with Crippen LogP contribution in [0.2, 0.25) is 0 Å². The second-order valence-corrected chi connectivity index (χ2v) is 6.56. The number of H-pyrrole nitrogens is 1. The third-order valence-corrected chi connectivity index (χ3v) is 4.80. The van der Waals surface area contributed by atoms with Crippen LogP contribution in [0, 0.1) is 5.82 Å². The van der Waals surface area contributed by atoms with Gasteiger partial charge in [-0.15, -0.1) is 0 Å². The second-order valence-electron chi connectivity index (χ2n) is 6.56. The summed E-state index contributed by atoms with van der Waals surface area (Å²) in [6.45, 7) is 4.09. The first-order chi connectivity index (χ1) is 13.2. The second kappa shape index (κ2) is 7.75. The van der Waals surface area contributed by atoms with E-state index in [0.29, 0.717) is 31.1 Å². The number of aromatic amines is 1. The van der Waals surface area contributed by atoms with Crippen LogP contribution >= 0.6 is 0 Å². The fourth-order valence-corrected chi connectivity index (χ4v) is 3.30. The highest BCUT2D eigenvalue weighted by molar-refractivity contribution is 6.04. The molecule has 27 heavy (non-hydrogen) atoms. The molecule has 1 fully saturated rings. The number of hydrogen-bond donors (Lipinski definition) is 1. The molecule has 1 N–H and O–H groups in total. The van der Waals surface area contributed by atoms with E-state index < -0.39 is 0 Å². The molecule has 2 aromatic carbocycles. The number of benzene rings is 2. The van der Waals surface area contributed by atoms with Crippen LogP contribution in [0.25, 0.3) is 10.9 Å². The van der Waals surface area contributed by atoms with Crippen molar-refractivity contribution in [2.75, 3.05) is 39.3 Å². The fourth-order valence-electron chi connectivity index (χ4n) is 3.30. The van der Waals surface area contributed by atoms with Gasteiger partial charge in [0.05, 0.1) is 5.52 Å². The van der Waals surface area contributed by atoms with E-state index in [1.807, 2.05) is 29.2 Å². The van der Waals surface area contributed by atoms with E-state index in [9.17, 15) is 9.18 Å². The summed E-state index contributed by atoms with van der Waals surface area (Å²) >= 11 is 0. The van der Waals surface area contributed by atoms with E-state index in [1.165, 1.54) is 12.1 Å². The summed E-state index contributed by atoms with van der Waals surface area (Å²) in [5, 5.41) is 7.97. The number of piperazine rings is 1. The van der Waals surface area contributed by atoms with Crippen LogP contribution in [0.5, 0.6) is 5.75 Å². The molecule has 0 radical (unpaired) electrons. The van der Waals surface area contributed by atoms with Crippen molar-refractivity contribution in [1.29, 1.82) is 0 Å².